The lowest BCUT2D eigenvalue weighted by molar-refractivity contribution is 0.273. The topological polar surface area (TPSA) is 65.7 Å². The molecule has 0 saturated heterocycles. The van der Waals surface area contributed by atoms with Crippen molar-refractivity contribution in [3.8, 4) is 11.5 Å². The summed E-state index contributed by atoms with van der Waals surface area (Å²) < 4.78 is 12.5. The van der Waals surface area contributed by atoms with Crippen LogP contribution in [0.1, 0.15) is 31.7 Å². The molecule has 0 radical (unpaired) electrons. The van der Waals surface area contributed by atoms with Gasteiger partial charge in [0.2, 0.25) is 0 Å². The van der Waals surface area contributed by atoms with Gasteiger partial charge in [0.25, 0.3) is 5.56 Å². The van der Waals surface area contributed by atoms with E-state index in [1.54, 1.807) is 26.3 Å². The molecule has 7 heteroatoms. The van der Waals surface area contributed by atoms with E-state index in [2.05, 4.69) is 23.9 Å². The Labute approximate surface area is 162 Å². The number of benzene rings is 1. The van der Waals surface area contributed by atoms with E-state index in [4.69, 9.17) is 9.47 Å². The van der Waals surface area contributed by atoms with E-state index in [0.29, 0.717) is 35.2 Å². The van der Waals surface area contributed by atoms with Crippen LogP contribution in [-0.4, -0.2) is 29.6 Å². The van der Waals surface area contributed by atoms with Gasteiger partial charge >= 0.3 is 0 Å². The summed E-state index contributed by atoms with van der Waals surface area (Å²) >= 11 is 1.45. The maximum atomic E-state index is 12.6. The predicted octanol–water partition coefficient (Wildman–Crippen LogP) is 4.08. The Morgan fingerprint density at radius 2 is 2.11 bits per heavy atom. The molecule has 0 N–H and O–H groups in total. The molecule has 0 spiro atoms. The molecular formula is C20H23N3O3S. The Morgan fingerprint density at radius 3 is 2.85 bits per heavy atom. The van der Waals surface area contributed by atoms with Crippen molar-refractivity contribution in [3.63, 3.8) is 0 Å². The largest absolute Gasteiger partial charge is 0.493 e. The van der Waals surface area contributed by atoms with Gasteiger partial charge in [-0.1, -0.05) is 13.8 Å². The number of fused-ring (bicyclic) bond motifs is 1. The van der Waals surface area contributed by atoms with Gasteiger partial charge in [-0.3, -0.25) is 4.79 Å². The lowest BCUT2D eigenvalue weighted by Gasteiger charge is -2.12. The summed E-state index contributed by atoms with van der Waals surface area (Å²) in [5.41, 5.74) is 0.635. The van der Waals surface area contributed by atoms with Crippen LogP contribution >= 0.6 is 11.3 Å². The lowest BCUT2D eigenvalue weighted by Crippen LogP contribution is -2.19. The number of aryl methyl sites for hydroxylation is 1. The average Bonchev–Trinajstić information content (AvgIpc) is 3.10. The number of methoxy groups -OCH3 is 1. The van der Waals surface area contributed by atoms with Crippen LogP contribution in [0.25, 0.3) is 10.2 Å². The predicted molar refractivity (Wildman–Crippen MR) is 110 cm³/mol. The molecular weight excluding hydrogens is 362 g/mol. The fourth-order valence-electron chi connectivity index (χ4n) is 2.55. The molecule has 0 aliphatic rings. The summed E-state index contributed by atoms with van der Waals surface area (Å²) in [4.78, 5) is 17.7. The van der Waals surface area contributed by atoms with Gasteiger partial charge in [0.15, 0.2) is 11.5 Å². The van der Waals surface area contributed by atoms with Crippen LogP contribution in [0, 0.1) is 12.8 Å². The second-order valence-electron chi connectivity index (χ2n) is 6.60. The van der Waals surface area contributed by atoms with Crippen LogP contribution in [0.15, 0.2) is 39.5 Å². The highest BCUT2D eigenvalue weighted by atomic mass is 32.1. The van der Waals surface area contributed by atoms with Gasteiger partial charge in [-0.25, -0.2) is 4.98 Å². The Kier molecular flexibility index (Phi) is 5.91. The second-order valence-corrected chi connectivity index (χ2v) is 7.50. The summed E-state index contributed by atoms with van der Waals surface area (Å²) in [6, 6.07) is 7.35. The van der Waals surface area contributed by atoms with E-state index >= 15 is 0 Å². The average molecular weight is 385 g/mol. The number of hydrogen-bond acceptors (Lipinski definition) is 6. The second kappa shape index (κ2) is 8.35. The number of hydrogen-bond donors (Lipinski definition) is 0. The zero-order valence-corrected chi connectivity index (χ0v) is 16.7. The molecule has 1 aromatic carbocycles. The van der Waals surface area contributed by atoms with Crippen molar-refractivity contribution < 1.29 is 9.47 Å². The molecule has 3 aromatic rings. The summed E-state index contributed by atoms with van der Waals surface area (Å²) in [6.07, 6.45) is 2.60. The molecule has 0 bridgehead atoms. The van der Waals surface area contributed by atoms with Gasteiger partial charge in [-0.15, -0.1) is 11.3 Å². The van der Waals surface area contributed by atoms with Gasteiger partial charge in [0.1, 0.15) is 10.7 Å². The SMILES string of the molecule is COc1cc(C=Nn2c(C)nc3sccc3c2=O)ccc1OCCC(C)C. The molecule has 0 aliphatic heterocycles. The fourth-order valence-corrected chi connectivity index (χ4v) is 3.35. The maximum absolute atomic E-state index is 12.6. The minimum absolute atomic E-state index is 0.171. The molecule has 27 heavy (non-hydrogen) atoms. The zero-order valence-electron chi connectivity index (χ0n) is 15.9. The molecule has 0 aliphatic carbocycles. The van der Waals surface area contributed by atoms with Crippen molar-refractivity contribution in [2.45, 2.75) is 27.2 Å². The third-order valence-corrected chi connectivity index (χ3v) is 4.91. The molecule has 6 nitrogen and oxygen atoms in total. The van der Waals surface area contributed by atoms with Crippen molar-refractivity contribution in [2.75, 3.05) is 13.7 Å². The summed E-state index contributed by atoms with van der Waals surface area (Å²) in [6.45, 7) is 6.73. The third-order valence-electron chi connectivity index (χ3n) is 4.10. The quantitative estimate of drug-likeness (QED) is 0.575. The van der Waals surface area contributed by atoms with E-state index in [1.807, 2.05) is 23.6 Å². The van der Waals surface area contributed by atoms with Crippen molar-refractivity contribution in [1.29, 1.82) is 0 Å². The molecule has 0 unspecified atom stereocenters. The number of rotatable bonds is 7. The monoisotopic (exact) mass is 385 g/mol. The third kappa shape index (κ3) is 4.36. The van der Waals surface area contributed by atoms with E-state index in [0.717, 1.165) is 16.8 Å². The van der Waals surface area contributed by atoms with Gasteiger partial charge < -0.3 is 9.47 Å². The van der Waals surface area contributed by atoms with Crippen molar-refractivity contribution in [2.24, 2.45) is 11.0 Å². The van der Waals surface area contributed by atoms with Crippen molar-refractivity contribution >= 4 is 27.8 Å². The highest BCUT2D eigenvalue weighted by Gasteiger charge is 2.09. The molecule has 2 heterocycles. The Bertz CT molecular complexity index is 1020. The number of aromatic nitrogens is 2. The van der Waals surface area contributed by atoms with Crippen LogP contribution in [0.2, 0.25) is 0 Å². The standard InChI is InChI=1S/C20H23N3O3S/c1-13(2)7-9-26-17-6-5-15(11-18(17)25-4)12-21-23-14(3)22-19-16(20(23)24)8-10-27-19/h5-6,8,10-13H,7,9H2,1-4H3. The smallest absolute Gasteiger partial charge is 0.282 e. The van der Waals surface area contributed by atoms with Gasteiger partial charge in [0.05, 0.1) is 25.3 Å². The number of thiophene rings is 1. The molecule has 0 amide bonds. The maximum Gasteiger partial charge on any atom is 0.282 e. The van der Waals surface area contributed by atoms with E-state index in [-0.39, 0.29) is 5.56 Å². The Morgan fingerprint density at radius 1 is 1.30 bits per heavy atom. The number of ether oxygens (including phenoxy) is 2. The van der Waals surface area contributed by atoms with Crippen LogP contribution in [-0.2, 0) is 0 Å². The Balaban J connectivity index is 1.84. The first-order valence-electron chi connectivity index (χ1n) is 8.81. The fraction of sp³-hybridized carbons (Fsp3) is 0.350. The first-order valence-corrected chi connectivity index (χ1v) is 9.69. The summed E-state index contributed by atoms with van der Waals surface area (Å²) in [7, 11) is 1.61. The lowest BCUT2D eigenvalue weighted by atomic mass is 10.1. The highest BCUT2D eigenvalue weighted by molar-refractivity contribution is 7.16. The molecule has 142 valence electrons. The van der Waals surface area contributed by atoms with E-state index in [9.17, 15) is 4.79 Å². The summed E-state index contributed by atoms with van der Waals surface area (Å²) in [5, 5.41) is 6.76. The van der Waals surface area contributed by atoms with Crippen molar-refractivity contribution in [1.82, 2.24) is 9.66 Å². The first-order chi connectivity index (χ1) is 13.0. The van der Waals surface area contributed by atoms with E-state index < -0.39 is 0 Å². The Hall–Kier alpha value is -2.67. The normalized spacial score (nSPS) is 11.6. The van der Waals surface area contributed by atoms with Crippen LogP contribution in [0.4, 0.5) is 0 Å². The van der Waals surface area contributed by atoms with Crippen LogP contribution in [0.3, 0.4) is 0 Å². The van der Waals surface area contributed by atoms with E-state index in [1.165, 1.54) is 16.0 Å². The summed E-state index contributed by atoms with van der Waals surface area (Å²) in [5.74, 6) is 2.47. The first kappa shape index (κ1) is 19.1. The van der Waals surface area contributed by atoms with Gasteiger partial charge in [0, 0.05) is 0 Å². The molecule has 0 atom stereocenters. The minimum Gasteiger partial charge on any atom is -0.493 e. The molecule has 0 saturated carbocycles. The van der Waals surface area contributed by atoms with Gasteiger partial charge in [-0.05, 0) is 54.5 Å². The van der Waals surface area contributed by atoms with Crippen LogP contribution < -0.4 is 15.0 Å². The molecule has 2 aromatic heterocycles. The van der Waals surface area contributed by atoms with Gasteiger partial charge in [-0.2, -0.15) is 9.78 Å². The highest BCUT2D eigenvalue weighted by Crippen LogP contribution is 2.28. The molecule has 3 rings (SSSR count). The zero-order chi connectivity index (χ0) is 19.4. The van der Waals surface area contributed by atoms with Crippen molar-refractivity contribution in [3.05, 3.63) is 51.4 Å². The number of nitrogens with zero attached hydrogens (tertiary/aromatic N) is 3. The molecule has 0 fully saturated rings. The minimum atomic E-state index is -0.171. The van der Waals surface area contributed by atoms with Crippen LogP contribution in [0.5, 0.6) is 11.5 Å².